The topological polar surface area (TPSA) is 45.9 Å². The van der Waals surface area contributed by atoms with Crippen molar-refractivity contribution >= 4 is 15.9 Å². The van der Waals surface area contributed by atoms with E-state index >= 15 is 0 Å². The maximum absolute atomic E-state index is 8.65. The highest BCUT2D eigenvalue weighted by molar-refractivity contribution is 9.10. The lowest BCUT2D eigenvalue weighted by Crippen LogP contribution is -1.87. The average molecular weight is 275 g/mol. The molecular weight excluding hydrogens is 268 g/mol. The van der Waals surface area contributed by atoms with Crippen LogP contribution in [0, 0.1) is 11.3 Å². The number of ether oxygens (including phenoxy) is 1. The molecule has 2 aromatic rings. The molecule has 0 bridgehead atoms. The summed E-state index contributed by atoms with van der Waals surface area (Å²) in [7, 11) is 0. The Labute approximate surface area is 101 Å². The Morgan fingerprint density at radius 3 is 2.50 bits per heavy atom. The zero-order chi connectivity index (χ0) is 11.4. The van der Waals surface area contributed by atoms with Crippen molar-refractivity contribution in [1.82, 2.24) is 4.98 Å². The van der Waals surface area contributed by atoms with Gasteiger partial charge in [-0.25, -0.2) is 4.98 Å². The molecular formula is C12H7BrN2O. The first-order valence-corrected chi connectivity index (χ1v) is 5.38. The fourth-order valence-electron chi connectivity index (χ4n) is 1.16. The SMILES string of the molecule is N#Cc1ccc(Oc2cccc(Br)n2)cc1. The van der Waals surface area contributed by atoms with Crippen LogP contribution in [-0.2, 0) is 0 Å². The summed E-state index contributed by atoms with van der Waals surface area (Å²) < 4.78 is 6.23. The summed E-state index contributed by atoms with van der Waals surface area (Å²) in [5.74, 6) is 1.17. The molecule has 4 heteroatoms. The van der Waals surface area contributed by atoms with Crippen molar-refractivity contribution in [3.8, 4) is 17.7 Å². The maximum Gasteiger partial charge on any atom is 0.220 e. The van der Waals surface area contributed by atoms with E-state index < -0.39 is 0 Å². The second-order valence-corrected chi connectivity index (χ2v) is 3.85. The first kappa shape index (κ1) is 10.7. The molecule has 0 aliphatic carbocycles. The number of hydrogen-bond donors (Lipinski definition) is 0. The van der Waals surface area contributed by atoms with Crippen molar-refractivity contribution in [2.45, 2.75) is 0 Å². The van der Waals surface area contributed by atoms with Gasteiger partial charge in [-0.3, -0.25) is 0 Å². The van der Waals surface area contributed by atoms with Crippen LogP contribution in [0.5, 0.6) is 11.6 Å². The molecule has 0 saturated heterocycles. The summed E-state index contributed by atoms with van der Waals surface area (Å²) in [5, 5.41) is 8.65. The molecule has 0 saturated carbocycles. The van der Waals surface area contributed by atoms with Gasteiger partial charge in [0.15, 0.2) is 0 Å². The largest absolute Gasteiger partial charge is 0.439 e. The van der Waals surface area contributed by atoms with Gasteiger partial charge in [0.05, 0.1) is 11.6 Å². The van der Waals surface area contributed by atoms with Crippen molar-refractivity contribution < 1.29 is 4.74 Å². The molecule has 0 N–H and O–H groups in total. The van der Waals surface area contributed by atoms with Gasteiger partial charge in [0.25, 0.3) is 0 Å². The lowest BCUT2D eigenvalue weighted by atomic mass is 10.2. The number of rotatable bonds is 2. The van der Waals surface area contributed by atoms with Crippen LogP contribution in [0.4, 0.5) is 0 Å². The molecule has 0 radical (unpaired) electrons. The van der Waals surface area contributed by atoms with E-state index in [-0.39, 0.29) is 0 Å². The number of halogens is 1. The van der Waals surface area contributed by atoms with E-state index in [1.807, 2.05) is 18.2 Å². The number of nitrogens with zero attached hydrogens (tertiary/aromatic N) is 2. The Hall–Kier alpha value is -1.86. The zero-order valence-electron chi connectivity index (χ0n) is 8.22. The second-order valence-electron chi connectivity index (χ2n) is 3.04. The molecule has 78 valence electrons. The number of nitriles is 1. The Kier molecular flexibility index (Phi) is 3.18. The Bertz CT molecular complexity index is 531. The fourth-order valence-corrected chi connectivity index (χ4v) is 1.49. The molecule has 3 nitrogen and oxygen atoms in total. The Morgan fingerprint density at radius 2 is 1.88 bits per heavy atom. The molecule has 0 atom stereocenters. The highest BCUT2D eigenvalue weighted by atomic mass is 79.9. The van der Waals surface area contributed by atoms with Crippen LogP contribution in [0.1, 0.15) is 5.56 Å². The van der Waals surface area contributed by atoms with Crippen molar-refractivity contribution in [2.75, 3.05) is 0 Å². The summed E-state index contributed by atoms with van der Waals surface area (Å²) in [6, 6.07) is 14.4. The average Bonchev–Trinajstić information content (AvgIpc) is 2.30. The van der Waals surface area contributed by atoms with E-state index in [0.29, 0.717) is 17.2 Å². The van der Waals surface area contributed by atoms with E-state index in [1.165, 1.54) is 0 Å². The van der Waals surface area contributed by atoms with Gasteiger partial charge in [0.1, 0.15) is 10.4 Å². The number of pyridine rings is 1. The van der Waals surface area contributed by atoms with Crippen LogP contribution in [0.25, 0.3) is 0 Å². The molecule has 0 unspecified atom stereocenters. The van der Waals surface area contributed by atoms with Crippen molar-refractivity contribution in [2.24, 2.45) is 0 Å². The first-order chi connectivity index (χ1) is 7.78. The van der Waals surface area contributed by atoms with Gasteiger partial charge < -0.3 is 4.74 Å². The predicted octanol–water partition coefficient (Wildman–Crippen LogP) is 3.51. The minimum absolute atomic E-state index is 0.513. The lowest BCUT2D eigenvalue weighted by molar-refractivity contribution is 0.462. The molecule has 0 fully saturated rings. The van der Waals surface area contributed by atoms with Crippen molar-refractivity contribution in [3.05, 3.63) is 52.6 Å². The fraction of sp³-hybridized carbons (Fsp3) is 0. The third-order valence-electron chi connectivity index (χ3n) is 1.90. The first-order valence-electron chi connectivity index (χ1n) is 4.58. The Morgan fingerprint density at radius 1 is 1.12 bits per heavy atom. The standard InChI is InChI=1S/C12H7BrN2O/c13-11-2-1-3-12(15-11)16-10-6-4-9(8-14)5-7-10/h1-7H. The van der Waals surface area contributed by atoms with E-state index in [2.05, 4.69) is 20.9 Å². The van der Waals surface area contributed by atoms with Gasteiger partial charge in [-0.15, -0.1) is 0 Å². The molecule has 0 aliphatic rings. The number of hydrogen-bond acceptors (Lipinski definition) is 3. The third kappa shape index (κ3) is 2.59. The van der Waals surface area contributed by atoms with Crippen LogP contribution in [-0.4, -0.2) is 4.98 Å². The van der Waals surface area contributed by atoms with Crippen molar-refractivity contribution in [3.63, 3.8) is 0 Å². The number of aromatic nitrogens is 1. The normalized spacial score (nSPS) is 9.50. The molecule has 0 aliphatic heterocycles. The monoisotopic (exact) mass is 274 g/mol. The number of benzene rings is 1. The lowest BCUT2D eigenvalue weighted by Gasteiger charge is -2.04. The van der Waals surface area contributed by atoms with Gasteiger partial charge in [-0.1, -0.05) is 6.07 Å². The molecule has 0 amide bonds. The molecule has 0 spiro atoms. The summed E-state index contributed by atoms with van der Waals surface area (Å²) in [6.07, 6.45) is 0. The Balaban J connectivity index is 2.18. The van der Waals surface area contributed by atoms with Gasteiger partial charge in [0, 0.05) is 6.07 Å². The van der Waals surface area contributed by atoms with E-state index in [0.717, 1.165) is 4.60 Å². The summed E-state index contributed by atoms with van der Waals surface area (Å²) >= 11 is 3.26. The van der Waals surface area contributed by atoms with Crippen molar-refractivity contribution in [1.29, 1.82) is 5.26 Å². The van der Waals surface area contributed by atoms with E-state index in [1.54, 1.807) is 30.3 Å². The minimum Gasteiger partial charge on any atom is -0.439 e. The van der Waals surface area contributed by atoms with Crippen LogP contribution < -0.4 is 4.74 Å². The minimum atomic E-state index is 0.513. The van der Waals surface area contributed by atoms with Gasteiger partial charge in [0.2, 0.25) is 5.88 Å². The van der Waals surface area contributed by atoms with Gasteiger partial charge in [-0.2, -0.15) is 5.26 Å². The van der Waals surface area contributed by atoms with E-state index in [4.69, 9.17) is 10.00 Å². The second kappa shape index (κ2) is 4.77. The quantitative estimate of drug-likeness (QED) is 0.788. The van der Waals surface area contributed by atoms with Crippen LogP contribution in [0.15, 0.2) is 47.1 Å². The van der Waals surface area contributed by atoms with Crippen LogP contribution in [0.2, 0.25) is 0 Å². The van der Waals surface area contributed by atoms with E-state index in [9.17, 15) is 0 Å². The predicted molar refractivity (Wildman–Crippen MR) is 63.2 cm³/mol. The maximum atomic E-state index is 8.65. The highest BCUT2D eigenvalue weighted by Gasteiger charge is 1.99. The molecule has 1 heterocycles. The zero-order valence-corrected chi connectivity index (χ0v) is 9.81. The summed E-state index contributed by atoms with van der Waals surface area (Å²) in [5.41, 5.74) is 0.606. The van der Waals surface area contributed by atoms with Gasteiger partial charge in [-0.05, 0) is 46.3 Å². The molecule has 16 heavy (non-hydrogen) atoms. The van der Waals surface area contributed by atoms with Crippen LogP contribution in [0.3, 0.4) is 0 Å². The molecule has 1 aromatic heterocycles. The molecule has 2 rings (SSSR count). The smallest absolute Gasteiger partial charge is 0.220 e. The van der Waals surface area contributed by atoms with Gasteiger partial charge >= 0.3 is 0 Å². The highest BCUT2D eigenvalue weighted by Crippen LogP contribution is 2.21. The molecule has 1 aromatic carbocycles. The third-order valence-corrected chi connectivity index (χ3v) is 2.34. The van der Waals surface area contributed by atoms with Crippen LogP contribution >= 0.6 is 15.9 Å². The summed E-state index contributed by atoms with van der Waals surface area (Å²) in [6.45, 7) is 0. The summed E-state index contributed by atoms with van der Waals surface area (Å²) in [4.78, 5) is 4.14.